The van der Waals surface area contributed by atoms with Gasteiger partial charge in [0.05, 0.1) is 11.6 Å². The Labute approximate surface area is 165 Å². The van der Waals surface area contributed by atoms with Crippen molar-refractivity contribution in [1.82, 2.24) is 10.2 Å². The van der Waals surface area contributed by atoms with E-state index in [1.807, 2.05) is 18.2 Å². The number of hydrogen-bond donors (Lipinski definition) is 2. The molecule has 1 saturated carbocycles. The molecule has 1 heterocycles. The number of aliphatic hydroxyl groups is 1. The number of rotatable bonds is 3. The van der Waals surface area contributed by atoms with E-state index in [2.05, 4.69) is 18.3 Å². The highest BCUT2D eigenvalue weighted by Crippen LogP contribution is 2.36. The van der Waals surface area contributed by atoms with Crippen LogP contribution in [-0.2, 0) is 6.42 Å². The van der Waals surface area contributed by atoms with Crippen molar-refractivity contribution < 1.29 is 14.3 Å². The first-order valence-electron chi connectivity index (χ1n) is 10.1. The summed E-state index contributed by atoms with van der Waals surface area (Å²) >= 11 is 0. The van der Waals surface area contributed by atoms with Crippen molar-refractivity contribution in [3.05, 3.63) is 71.0 Å². The standard InChI is InChI=1S/C23H27FN2O2/c1-16-10-12-23(28,14-16)15-25-22(27)26-13-11-17-4-2-3-5-20(17)21(26)18-6-8-19(24)9-7-18/h2-9,16,21,28H,10-15H2,1H3,(H,25,27)/t16-,21+,23?/m1/s1. The zero-order valence-electron chi connectivity index (χ0n) is 16.2. The topological polar surface area (TPSA) is 52.6 Å². The third-order valence-corrected chi connectivity index (χ3v) is 6.13. The van der Waals surface area contributed by atoms with Crippen molar-refractivity contribution >= 4 is 6.03 Å². The van der Waals surface area contributed by atoms with Gasteiger partial charge < -0.3 is 15.3 Å². The average molecular weight is 382 g/mol. The van der Waals surface area contributed by atoms with E-state index in [9.17, 15) is 14.3 Å². The number of halogens is 1. The van der Waals surface area contributed by atoms with Crippen LogP contribution in [0.4, 0.5) is 9.18 Å². The van der Waals surface area contributed by atoms with Gasteiger partial charge in [-0.3, -0.25) is 0 Å². The molecule has 1 fully saturated rings. The zero-order valence-corrected chi connectivity index (χ0v) is 16.2. The van der Waals surface area contributed by atoms with Gasteiger partial charge in [0.15, 0.2) is 0 Å². The number of urea groups is 1. The Hall–Kier alpha value is -2.40. The fourth-order valence-corrected chi connectivity index (χ4v) is 4.66. The van der Waals surface area contributed by atoms with Crippen molar-refractivity contribution in [3.63, 3.8) is 0 Å². The minimum Gasteiger partial charge on any atom is -0.388 e. The number of nitrogens with zero attached hydrogens (tertiary/aromatic N) is 1. The fourth-order valence-electron chi connectivity index (χ4n) is 4.66. The summed E-state index contributed by atoms with van der Waals surface area (Å²) in [6.07, 6.45) is 3.21. The molecule has 0 aromatic heterocycles. The van der Waals surface area contributed by atoms with Crippen molar-refractivity contribution in [2.75, 3.05) is 13.1 Å². The minimum atomic E-state index is -0.811. The van der Waals surface area contributed by atoms with Crippen molar-refractivity contribution in [2.24, 2.45) is 5.92 Å². The molecule has 1 aliphatic heterocycles. The Balaban J connectivity index is 1.58. The second kappa shape index (κ2) is 7.55. The number of benzene rings is 2. The quantitative estimate of drug-likeness (QED) is 0.842. The molecule has 2 amide bonds. The molecule has 0 bridgehead atoms. The Morgan fingerprint density at radius 2 is 2.00 bits per heavy atom. The average Bonchev–Trinajstić information content (AvgIpc) is 3.05. The SMILES string of the molecule is C[C@@H]1CCC(O)(CNC(=O)N2CCc3ccccc3[C@@H]2c2ccc(F)cc2)C1. The van der Waals surface area contributed by atoms with E-state index in [0.29, 0.717) is 12.5 Å². The van der Waals surface area contributed by atoms with Crippen LogP contribution >= 0.6 is 0 Å². The zero-order chi connectivity index (χ0) is 19.7. The fraction of sp³-hybridized carbons (Fsp3) is 0.435. The summed E-state index contributed by atoms with van der Waals surface area (Å²) in [5.41, 5.74) is 2.36. The van der Waals surface area contributed by atoms with Crippen LogP contribution in [0.25, 0.3) is 0 Å². The van der Waals surface area contributed by atoms with Gasteiger partial charge in [-0.25, -0.2) is 9.18 Å². The van der Waals surface area contributed by atoms with Gasteiger partial charge >= 0.3 is 6.03 Å². The predicted molar refractivity (Wildman–Crippen MR) is 106 cm³/mol. The van der Waals surface area contributed by atoms with E-state index in [0.717, 1.165) is 36.8 Å². The highest BCUT2D eigenvalue weighted by Gasteiger charge is 2.37. The van der Waals surface area contributed by atoms with Crippen LogP contribution in [0, 0.1) is 11.7 Å². The van der Waals surface area contributed by atoms with Gasteiger partial charge in [-0.2, -0.15) is 0 Å². The lowest BCUT2D eigenvalue weighted by Gasteiger charge is -2.38. The van der Waals surface area contributed by atoms with E-state index in [1.165, 1.54) is 17.7 Å². The van der Waals surface area contributed by atoms with Gasteiger partial charge in [0, 0.05) is 13.1 Å². The van der Waals surface area contributed by atoms with Crippen LogP contribution in [0.2, 0.25) is 0 Å². The molecule has 5 heteroatoms. The maximum atomic E-state index is 13.5. The van der Waals surface area contributed by atoms with E-state index in [-0.39, 0.29) is 24.4 Å². The molecule has 148 valence electrons. The monoisotopic (exact) mass is 382 g/mol. The number of fused-ring (bicyclic) bond motifs is 1. The van der Waals surface area contributed by atoms with Crippen LogP contribution in [0.3, 0.4) is 0 Å². The Kier molecular flexibility index (Phi) is 5.11. The Bertz CT molecular complexity index is 854. The molecule has 1 aliphatic carbocycles. The predicted octanol–water partition coefficient (Wildman–Crippen LogP) is 4.03. The van der Waals surface area contributed by atoms with E-state index < -0.39 is 5.60 Å². The van der Waals surface area contributed by atoms with Crippen molar-refractivity contribution in [2.45, 2.75) is 44.2 Å². The Morgan fingerprint density at radius 1 is 1.25 bits per heavy atom. The van der Waals surface area contributed by atoms with Gasteiger partial charge in [0.2, 0.25) is 0 Å². The van der Waals surface area contributed by atoms with Crippen LogP contribution in [-0.4, -0.2) is 34.7 Å². The summed E-state index contributed by atoms with van der Waals surface area (Å²) in [5, 5.41) is 13.7. The summed E-state index contributed by atoms with van der Waals surface area (Å²) < 4.78 is 13.5. The lowest BCUT2D eigenvalue weighted by Crippen LogP contribution is -2.50. The molecule has 0 saturated heterocycles. The Morgan fingerprint density at radius 3 is 2.71 bits per heavy atom. The summed E-state index contributed by atoms with van der Waals surface area (Å²) in [4.78, 5) is 14.9. The maximum absolute atomic E-state index is 13.5. The van der Waals surface area contributed by atoms with Gasteiger partial charge in [-0.15, -0.1) is 0 Å². The van der Waals surface area contributed by atoms with Crippen LogP contribution in [0.15, 0.2) is 48.5 Å². The molecule has 0 radical (unpaired) electrons. The van der Waals surface area contributed by atoms with E-state index >= 15 is 0 Å². The van der Waals surface area contributed by atoms with Crippen molar-refractivity contribution in [1.29, 1.82) is 0 Å². The molecule has 2 aromatic carbocycles. The molecule has 28 heavy (non-hydrogen) atoms. The van der Waals surface area contributed by atoms with Crippen LogP contribution in [0.5, 0.6) is 0 Å². The summed E-state index contributed by atoms with van der Waals surface area (Å²) in [6, 6.07) is 14.0. The molecule has 0 spiro atoms. The molecule has 3 atom stereocenters. The first-order chi connectivity index (χ1) is 13.5. The van der Waals surface area contributed by atoms with Crippen LogP contribution in [0.1, 0.15) is 48.9 Å². The maximum Gasteiger partial charge on any atom is 0.318 e. The van der Waals surface area contributed by atoms with Crippen molar-refractivity contribution in [3.8, 4) is 0 Å². The smallest absolute Gasteiger partial charge is 0.318 e. The van der Waals surface area contributed by atoms with Crippen LogP contribution < -0.4 is 5.32 Å². The largest absolute Gasteiger partial charge is 0.388 e. The summed E-state index contributed by atoms with van der Waals surface area (Å²) in [5.74, 6) is 0.192. The third-order valence-electron chi connectivity index (χ3n) is 6.13. The van der Waals surface area contributed by atoms with E-state index in [4.69, 9.17) is 0 Å². The molecule has 4 rings (SSSR count). The summed E-state index contributed by atoms with van der Waals surface area (Å²) in [7, 11) is 0. The number of hydrogen-bond acceptors (Lipinski definition) is 2. The number of carbonyl (C=O) groups excluding carboxylic acids is 1. The van der Waals surface area contributed by atoms with Gasteiger partial charge in [0.25, 0.3) is 0 Å². The molecular formula is C23H27FN2O2. The molecule has 2 aliphatic rings. The number of amides is 2. The first-order valence-corrected chi connectivity index (χ1v) is 10.1. The lowest BCUT2D eigenvalue weighted by molar-refractivity contribution is 0.0445. The summed E-state index contributed by atoms with van der Waals surface area (Å²) in [6.45, 7) is 2.98. The molecule has 1 unspecified atom stereocenters. The number of carbonyl (C=O) groups is 1. The third kappa shape index (κ3) is 3.76. The first kappa shape index (κ1) is 18.9. The molecule has 4 nitrogen and oxygen atoms in total. The lowest BCUT2D eigenvalue weighted by atomic mass is 9.88. The highest BCUT2D eigenvalue weighted by molar-refractivity contribution is 5.76. The number of nitrogens with one attached hydrogen (secondary N) is 1. The minimum absolute atomic E-state index is 0.184. The van der Waals surface area contributed by atoms with Gasteiger partial charge in [-0.1, -0.05) is 43.3 Å². The molecular weight excluding hydrogens is 355 g/mol. The van der Waals surface area contributed by atoms with Gasteiger partial charge in [-0.05, 0) is 60.4 Å². The van der Waals surface area contributed by atoms with Gasteiger partial charge in [0.1, 0.15) is 5.82 Å². The van der Waals surface area contributed by atoms with E-state index in [1.54, 1.807) is 17.0 Å². The second-order valence-electron chi connectivity index (χ2n) is 8.33. The highest BCUT2D eigenvalue weighted by atomic mass is 19.1. The molecule has 2 aromatic rings. The second-order valence-corrected chi connectivity index (χ2v) is 8.33. The normalized spacial score (nSPS) is 26.8. The molecule has 2 N–H and O–H groups in total.